The maximum absolute atomic E-state index is 12.8. The van der Waals surface area contributed by atoms with Crippen LogP contribution in [0.3, 0.4) is 0 Å². The van der Waals surface area contributed by atoms with Crippen molar-refractivity contribution in [3.8, 4) is 0 Å². The van der Waals surface area contributed by atoms with Gasteiger partial charge in [0, 0.05) is 12.8 Å². The monoisotopic (exact) mass is 892 g/mol. The summed E-state index contributed by atoms with van der Waals surface area (Å²) in [5.74, 6) is -2.40. The van der Waals surface area contributed by atoms with Crippen molar-refractivity contribution in [1.29, 1.82) is 0 Å². The van der Waals surface area contributed by atoms with E-state index in [9.17, 15) is 19.5 Å². The molecule has 0 saturated heterocycles. The number of carbonyl (C=O) groups excluding carboxylic acids is 3. The van der Waals surface area contributed by atoms with Crippen LogP contribution in [0.5, 0.6) is 0 Å². The molecule has 0 aliphatic carbocycles. The minimum atomic E-state index is -1.65. The fourth-order valence-corrected chi connectivity index (χ4v) is 5.96. The Morgan fingerprint density at radius 2 is 0.906 bits per heavy atom. The predicted molar refractivity (Wildman–Crippen MR) is 264 cm³/mol. The van der Waals surface area contributed by atoms with Gasteiger partial charge in [-0.05, 0) is 96.3 Å². The molecule has 0 aliphatic heterocycles. The van der Waals surface area contributed by atoms with Crippen molar-refractivity contribution >= 4 is 17.9 Å². The van der Waals surface area contributed by atoms with E-state index in [-0.39, 0.29) is 32.7 Å². The normalized spacial score (nSPS) is 13.8. The van der Waals surface area contributed by atoms with Crippen molar-refractivity contribution < 1.29 is 42.9 Å². The van der Waals surface area contributed by atoms with E-state index in [2.05, 4.69) is 117 Å². The van der Waals surface area contributed by atoms with Crippen LogP contribution in [-0.2, 0) is 33.3 Å². The first kappa shape index (κ1) is 60.0. The van der Waals surface area contributed by atoms with E-state index >= 15 is 0 Å². The highest BCUT2D eigenvalue weighted by Gasteiger charge is 2.21. The highest BCUT2D eigenvalue weighted by Crippen LogP contribution is 2.11. The van der Waals surface area contributed by atoms with Gasteiger partial charge in [0.1, 0.15) is 13.2 Å². The van der Waals surface area contributed by atoms with Crippen LogP contribution in [0.25, 0.3) is 0 Å². The number of quaternary nitrogens is 1. The molecule has 0 heterocycles. The summed E-state index contributed by atoms with van der Waals surface area (Å²) in [4.78, 5) is 37.1. The summed E-state index contributed by atoms with van der Waals surface area (Å²) in [6.07, 6.45) is 58.4. The zero-order valence-corrected chi connectivity index (χ0v) is 40.9. The molecule has 0 radical (unpaired) electrons. The van der Waals surface area contributed by atoms with E-state index in [1.165, 1.54) is 32.1 Å². The van der Waals surface area contributed by atoms with Crippen LogP contribution in [0.1, 0.15) is 162 Å². The van der Waals surface area contributed by atoms with E-state index in [1.54, 1.807) is 0 Å². The summed E-state index contributed by atoms with van der Waals surface area (Å²) in [7, 11) is 5.88. The second kappa shape index (κ2) is 45.5. The van der Waals surface area contributed by atoms with E-state index in [0.717, 1.165) is 83.5 Å². The number of hydrogen-bond acceptors (Lipinski definition) is 8. The van der Waals surface area contributed by atoms with Crippen molar-refractivity contribution in [2.24, 2.45) is 0 Å². The quantitative estimate of drug-likeness (QED) is 0.0196. The van der Waals surface area contributed by atoms with Crippen LogP contribution in [0.2, 0.25) is 0 Å². The van der Waals surface area contributed by atoms with Crippen LogP contribution < -0.4 is 5.11 Å². The molecule has 2 unspecified atom stereocenters. The molecule has 0 aromatic carbocycles. The molecule has 0 spiro atoms. The van der Waals surface area contributed by atoms with Crippen LogP contribution in [0.15, 0.2) is 109 Å². The van der Waals surface area contributed by atoms with Crippen LogP contribution in [-0.4, -0.2) is 82.3 Å². The van der Waals surface area contributed by atoms with Crippen LogP contribution in [0.4, 0.5) is 0 Å². The maximum Gasteiger partial charge on any atom is 0.306 e. The number of carboxylic acid groups (broad SMARTS) is 1. The molecule has 0 saturated carbocycles. The van der Waals surface area contributed by atoms with Gasteiger partial charge < -0.3 is 33.3 Å². The molecule has 0 bridgehead atoms. The van der Waals surface area contributed by atoms with Gasteiger partial charge in [-0.25, -0.2) is 0 Å². The average molecular weight is 892 g/mol. The van der Waals surface area contributed by atoms with Gasteiger partial charge in [0.25, 0.3) is 0 Å². The van der Waals surface area contributed by atoms with Gasteiger partial charge in [-0.3, -0.25) is 9.59 Å². The number of nitrogens with zero attached hydrogens (tertiary/aromatic N) is 1. The number of carbonyl (C=O) groups is 3. The lowest BCUT2D eigenvalue weighted by Crippen LogP contribution is -2.44. The largest absolute Gasteiger partial charge is 0.545 e. The number of ether oxygens (including phenoxy) is 4. The Bertz CT molecular complexity index is 1410. The summed E-state index contributed by atoms with van der Waals surface area (Å²) < 4.78 is 22.5. The van der Waals surface area contributed by atoms with Crippen LogP contribution >= 0.6 is 0 Å². The molecule has 2 atom stereocenters. The summed E-state index contributed by atoms with van der Waals surface area (Å²) in [5, 5.41) is 11.7. The molecule has 362 valence electrons. The number of likely N-dealkylation sites (N-methyl/N-ethyl adjacent to an activating group) is 1. The number of allylic oxidation sites excluding steroid dienone is 18. The number of rotatable bonds is 43. The Labute approximate surface area is 390 Å². The SMILES string of the molecule is CC/C=C\C/C=C\C/C=C\C/C=C\C/C=C\C/C=C\C/C=C\CCCC(=O)OC(COC(=O)CCCCCCC/C=C\C/C=C\CCCCCC)COC(OCC[N+](C)(C)C)C(=O)[O-]. The zero-order valence-electron chi connectivity index (χ0n) is 40.9. The number of carboxylic acids is 1. The maximum atomic E-state index is 12.8. The molecule has 9 nitrogen and oxygen atoms in total. The highest BCUT2D eigenvalue weighted by atomic mass is 16.7. The van der Waals surface area contributed by atoms with Gasteiger partial charge in [-0.15, -0.1) is 0 Å². The minimum Gasteiger partial charge on any atom is -0.545 e. The smallest absolute Gasteiger partial charge is 0.306 e. The van der Waals surface area contributed by atoms with Crippen molar-refractivity contribution in [2.75, 3.05) is 47.5 Å². The summed E-state index contributed by atoms with van der Waals surface area (Å²) in [6.45, 7) is 4.50. The fraction of sp³-hybridized carbons (Fsp3) is 0.618. The predicted octanol–water partition coefficient (Wildman–Crippen LogP) is 12.3. The lowest BCUT2D eigenvalue weighted by molar-refractivity contribution is -0.870. The Hall–Kier alpha value is -4.05. The van der Waals surface area contributed by atoms with Crippen LogP contribution in [0, 0.1) is 0 Å². The Balaban J connectivity index is 4.54. The molecule has 0 aromatic heterocycles. The van der Waals surface area contributed by atoms with Crippen molar-refractivity contribution in [1.82, 2.24) is 0 Å². The molecule has 0 fully saturated rings. The molecule has 0 aromatic rings. The van der Waals surface area contributed by atoms with Gasteiger partial charge in [-0.2, -0.15) is 0 Å². The van der Waals surface area contributed by atoms with Gasteiger partial charge in [-0.1, -0.05) is 162 Å². The van der Waals surface area contributed by atoms with E-state index in [4.69, 9.17) is 18.9 Å². The van der Waals surface area contributed by atoms with Gasteiger partial charge in [0.15, 0.2) is 12.4 Å². The number of unbranched alkanes of at least 4 members (excludes halogenated alkanes) is 10. The molecule has 64 heavy (non-hydrogen) atoms. The molecule has 0 N–H and O–H groups in total. The Morgan fingerprint density at radius 3 is 1.38 bits per heavy atom. The number of esters is 2. The topological polar surface area (TPSA) is 111 Å². The molecule has 0 amide bonds. The standard InChI is InChI=1S/C55H89NO8/c1-6-8-10-12-14-16-18-20-22-24-25-26-27-28-29-30-32-34-36-38-40-42-44-46-53(58)64-51(50-63-55(54(59)60)61-48-47-56(3,4)5)49-62-52(57)45-43-41-39-37-35-33-31-23-21-19-17-15-13-11-9-7-2/h8,10,14,16-17,19-20,22-23,25-26,28-29,31-32,34,38,40,51,55H,6-7,9,11-13,15,18,21,24,27,30,33,35-37,39,41-50H2,1-5H3/b10-8-,16-14-,19-17-,22-20-,26-25-,29-28-,31-23-,34-32-,40-38-. The van der Waals surface area contributed by atoms with E-state index in [1.807, 2.05) is 27.2 Å². The first-order valence-corrected chi connectivity index (χ1v) is 24.5. The molecular weight excluding hydrogens is 803 g/mol. The molecule has 9 heteroatoms. The molecule has 0 rings (SSSR count). The summed E-state index contributed by atoms with van der Waals surface area (Å²) in [5.41, 5.74) is 0. The first-order chi connectivity index (χ1) is 31.1. The Kier molecular flexibility index (Phi) is 42.6. The van der Waals surface area contributed by atoms with Crippen molar-refractivity contribution in [3.63, 3.8) is 0 Å². The number of hydrogen-bond donors (Lipinski definition) is 0. The lowest BCUT2D eigenvalue weighted by Gasteiger charge is -2.26. The van der Waals surface area contributed by atoms with Crippen molar-refractivity contribution in [2.45, 2.75) is 174 Å². The average Bonchev–Trinajstić information content (AvgIpc) is 3.26. The lowest BCUT2D eigenvalue weighted by atomic mass is 10.1. The Morgan fingerprint density at radius 1 is 0.484 bits per heavy atom. The third kappa shape index (κ3) is 46.0. The highest BCUT2D eigenvalue weighted by molar-refractivity contribution is 5.70. The minimum absolute atomic E-state index is 0.128. The number of aliphatic carboxylic acids is 1. The zero-order chi connectivity index (χ0) is 47.0. The van der Waals surface area contributed by atoms with Gasteiger partial charge in [0.2, 0.25) is 0 Å². The third-order valence-corrected chi connectivity index (χ3v) is 9.75. The summed E-state index contributed by atoms with van der Waals surface area (Å²) in [6, 6.07) is 0. The first-order valence-electron chi connectivity index (χ1n) is 24.5. The van der Waals surface area contributed by atoms with Gasteiger partial charge >= 0.3 is 11.9 Å². The van der Waals surface area contributed by atoms with E-state index < -0.39 is 30.3 Å². The third-order valence-electron chi connectivity index (χ3n) is 9.75. The summed E-state index contributed by atoms with van der Waals surface area (Å²) >= 11 is 0. The second-order valence-electron chi connectivity index (χ2n) is 17.0. The van der Waals surface area contributed by atoms with Gasteiger partial charge in [0.05, 0.1) is 40.3 Å². The molecule has 0 aliphatic rings. The van der Waals surface area contributed by atoms with Crippen molar-refractivity contribution in [3.05, 3.63) is 109 Å². The van der Waals surface area contributed by atoms with E-state index in [0.29, 0.717) is 30.3 Å². The molecular formula is C55H89NO8. The fourth-order valence-electron chi connectivity index (χ4n) is 5.96. The second-order valence-corrected chi connectivity index (χ2v) is 17.0.